The first-order valence-electron chi connectivity index (χ1n) is 9.29. The normalized spacial score (nSPS) is 12.3. The molecule has 0 aliphatic heterocycles. The quantitative estimate of drug-likeness (QED) is 0.742. The summed E-state index contributed by atoms with van der Waals surface area (Å²) in [6.07, 6.45) is 3.92. The summed E-state index contributed by atoms with van der Waals surface area (Å²) >= 11 is 0. The number of carbonyl (C=O) groups excluding carboxylic acids is 3. The second kappa shape index (κ2) is 8.62. The van der Waals surface area contributed by atoms with Gasteiger partial charge in [-0.05, 0) is 54.2 Å². The Morgan fingerprint density at radius 1 is 0.889 bits per heavy atom. The smallest absolute Gasteiger partial charge is 0.224 e. The van der Waals surface area contributed by atoms with Crippen LogP contribution in [0.5, 0.6) is 0 Å². The van der Waals surface area contributed by atoms with Crippen molar-refractivity contribution >= 4 is 23.3 Å². The summed E-state index contributed by atoms with van der Waals surface area (Å²) in [5, 5.41) is 5.37. The molecule has 0 atom stereocenters. The van der Waals surface area contributed by atoms with Crippen molar-refractivity contribution in [2.24, 2.45) is 0 Å². The second-order valence-corrected chi connectivity index (χ2v) is 6.86. The van der Waals surface area contributed by atoms with Gasteiger partial charge in [0.25, 0.3) is 0 Å². The predicted molar refractivity (Wildman–Crippen MR) is 105 cm³/mol. The van der Waals surface area contributed by atoms with E-state index in [0.29, 0.717) is 17.7 Å². The molecule has 140 valence electrons. The molecule has 2 N–H and O–H groups in total. The fourth-order valence-corrected chi connectivity index (χ4v) is 3.32. The average molecular weight is 364 g/mol. The zero-order valence-corrected chi connectivity index (χ0v) is 15.5. The van der Waals surface area contributed by atoms with Crippen molar-refractivity contribution in [2.45, 2.75) is 38.5 Å². The van der Waals surface area contributed by atoms with Gasteiger partial charge in [0.15, 0.2) is 5.78 Å². The number of nitrogens with one attached hydrogen (secondary N) is 2. The van der Waals surface area contributed by atoms with Gasteiger partial charge in [-0.25, -0.2) is 0 Å². The maximum Gasteiger partial charge on any atom is 0.224 e. The largest absolute Gasteiger partial charge is 0.359 e. The van der Waals surface area contributed by atoms with Gasteiger partial charge in [-0.15, -0.1) is 0 Å². The third-order valence-corrected chi connectivity index (χ3v) is 4.88. The molecule has 27 heavy (non-hydrogen) atoms. The molecule has 2 amide bonds. The topological polar surface area (TPSA) is 75.3 Å². The monoisotopic (exact) mass is 364 g/mol. The van der Waals surface area contributed by atoms with Crippen molar-refractivity contribution in [3.8, 4) is 0 Å². The first-order valence-corrected chi connectivity index (χ1v) is 9.29. The lowest BCUT2D eigenvalue weighted by Gasteiger charge is -2.07. The zero-order chi connectivity index (χ0) is 19.2. The molecular weight excluding hydrogens is 340 g/mol. The van der Waals surface area contributed by atoms with Crippen LogP contribution in [0.25, 0.3) is 0 Å². The molecule has 0 unspecified atom stereocenters. The van der Waals surface area contributed by atoms with Gasteiger partial charge in [-0.3, -0.25) is 14.4 Å². The molecule has 0 fully saturated rings. The number of benzene rings is 2. The van der Waals surface area contributed by atoms with Gasteiger partial charge in [-0.2, -0.15) is 0 Å². The summed E-state index contributed by atoms with van der Waals surface area (Å²) < 4.78 is 0. The van der Waals surface area contributed by atoms with Crippen molar-refractivity contribution in [3.63, 3.8) is 0 Å². The highest BCUT2D eigenvalue weighted by molar-refractivity contribution is 6.00. The Kier molecular flexibility index (Phi) is 6.01. The maximum atomic E-state index is 12.4. The highest BCUT2D eigenvalue weighted by Crippen LogP contribution is 2.23. The summed E-state index contributed by atoms with van der Waals surface area (Å²) in [6, 6.07) is 13.0. The summed E-state index contributed by atoms with van der Waals surface area (Å²) in [4.78, 5) is 35.8. The van der Waals surface area contributed by atoms with Gasteiger partial charge >= 0.3 is 0 Å². The molecule has 0 bridgehead atoms. The highest BCUT2D eigenvalue weighted by atomic mass is 16.2. The van der Waals surface area contributed by atoms with Gasteiger partial charge in [0, 0.05) is 31.1 Å². The molecule has 0 spiro atoms. The highest BCUT2D eigenvalue weighted by Gasteiger charge is 2.15. The van der Waals surface area contributed by atoms with Crippen LogP contribution in [0.15, 0.2) is 42.5 Å². The van der Waals surface area contributed by atoms with Gasteiger partial charge in [0.1, 0.15) is 0 Å². The fourth-order valence-electron chi connectivity index (χ4n) is 3.32. The summed E-state index contributed by atoms with van der Waals surface area (Å²) in [7, 11) is 1.60. The lowest BCUT2D eigenvalue weighted by molar-refractivity contribution is -0.120. The Bertz CT molecular complexity index is 856. The van der Waals surface area contributed by atoms with Crippen LogP contribution in [-0.2, 0) is 28.9 Å². The molecule has 0 aromatic heterocycles. The average Bonchev–Trinajstić information content (AvgIpc) is 3.15. The molecule has 3 rings (SSSR count). The van der Waals surface area contributed by atoms with E-state index in [2.05, 4.69) is 10.6 Å². The lowest BCUT2D eigenvalue weighted by atomic mass is 10.0. The van der Waals surface area contributed by atoms with Gasteiger partial charge in [0.05, 0.1) is 6.42 Å². The molecule has 0 saturated heterocycles. The lowest BCUT2D eigenvalue weighted by Crippen LogP contribution is -2.19. The minimum atomic E-state index is -0.191. The van der Waals surface area contributed by atoms with Crippen molar-refractivity contribution in [1.82, 2.24) is 5.32 Å². The Balaban J connectivity index is 1.49. The van der Waals surface area contributed by atoms with Gasteiger partial charge in [-0.1, -0.05) is 24.3 Å². The maximum absolute atomic E-state index is 12.4. The van der Waals surface area contributed by atoms with Crippen LogP contribution < -0.4 is 10.6 Å². The van der Waals surface area contributed by atoms with Crippen molar-refractivity contribution < 1.29 is 14.4 Å². The van der Waals surface area contributed by atoms with Crippen molar-refractivity contribution in [2.75, 3.05) is 12.4 Å². The van der Waals surface area contributed by atoms with E-state index in [1.165, 1.54) is 11.1 Å². The number of anilines is 1. The Hall–Kier alpha value is -2.95. The summed E-state index contributed by atoms with van der Waals surface area (Å²) in [5.41, 5.74) is 4.83. The Morgan fingerprint density at radius 3 is 2.37 bits per heavy atom. The van der Waals surface area contributed by atoms with Crippen molar-refractivity contribution in [3.05, 3.63) is 64.7 Å². The third-order valence-electron chi connectivity index (χ3n) is 4.88. The van der Waals surface area contributed by atoms with E-state index in [9.17, 15) is 14.4 Å². The minimum absolute atomic E-state index is 0.000718. The fraction of sp³-hybridized carbons (Fsp3) is 0.318. The number of rotatable bonds is 7. The summed E-state index contributed by atoms with van der Waals surface area (Å²) in [6.45, 7) is 0. The minimum Gasteiger partial charge on any atom is -0.359 e. The van der Waals surface area contributed by atoms with E-state index >= 15 is 0 Å². The van der Waals surface area contributed by atoms with Crippen LogP contribution in [-0.4, -0.2) is 24.6 Å². The van der Waals surface area contributed by atoms with E-state index in [0.717, 1.165) is 24.8 Å². The summed E-state index contributed by atoms with van der Waals surface area (Å²) in [5.74, 6) is -0.249. The number of Topliss-reactive ketones (excluding diaryl/α,β-unsaturated/α-hetero) is 1. The van der Waals surface area contributed by atoms with Crippen LogP contribution in [0, 0.1) is 0 Å². The Labute approximate surface area is 159 Å². The van der Waals surface area contributed by atoms with E-state index in [-0.39, 0.29) is 30.4 Å². The van der Waals surface area contributed by atoms with Crippen molar-refractivity contribution in [1.29, 1.82) is 0 Å². The van der Waals surface area contributed by atoms with Gasteiger partial charge < -0.3 is 10.6 Å². The number of aryl methyl sites for hydroxylation is 2. The predicted octanol–water partition coefficient (Wildman–Crippen LogP) is 3.07. The third kappa shape index (κ3) is 5.03. The molecule has 5 heteroatoms. The first kappa shape index (κ1) is 18.8. The van der Waals surface area contributed by atoms with E-state index in [1.807, 2.05) is 18.2 Å². The number of likely N-dealkylation sites (N-methyl/N-ethyl adjacent to an activating group) is 1. The van der Waals surface area contributed by atoms with Crippen LogP contribution >= 0.6 is 0 Å². The Morgan fingerprint density at radius 2 is 1.63 bits per heavy atom. The molecule has 2 aromatic carbocycles. The number of carbonyl (C=O) groups is 3. The number of hydrogen-bond acceptors (Lipinski definition) is 3. The molecule has 0 saturated carbocycles. The number of ketones is 1. The number of amides is 2. The molecular formula is C22H24N2O3. The van der Waals surface area contributed by atoms with Crippen LogP contribution in [0.4, 0.5) is 5.69 Å². The standard InChI is InChI=1S/C22H24N2O3/c1-23-22(27)13-15-5-9-19(10-6-15)24-21(26)12-11-20(25)18-8-7-16-3-2-4-17(16)14-18/h5-10,14H,2-4,11-13H2,1H3,(H,23,27)(H,24,26). The molecule has 1 aliphatic rings. The number of hydrogen-bond donors (Lipinski definition) is 2. The van der Waals surface area contributed by atoms with E-state index < -0.39 is 0 Å². The second-order valence-electron chi connectivity index (χ2n) is 6.86. The molecule has 1 aliphatic carbocycles. The first-order chi connectivity index (χ1) is 13.0. The number of fused-ring (bicyclic) bond motifs is 1. The van der Waals surface area contributed by atoms with Gasteiger partial charge in [0.2, 0.25) is 11.8 Å². The molecule has 2 aromatic rings. The van der Waals surface area contributed by atoms with Crippen LogP contribution in [0.1, 0.15) is 46.3 Å². The van der Waals surface area contributed by atoms with Crippen LogP contribution in [0.3, 0.4) is 0 Å². The molecule has 0 radical (unpaired) electrons. The van der Waals surface area contributed by atoms with E-state index in [4.69, 9.17) is 0 Å². The zero-order valence-electron chi connectivity index (χ0n) is 15.5. The molecule has 5 nitrogen and oxygen atoms in total. The van der Waals surface area contributed by atoms with Crippen LogP contribution in [0.2, 0.25) is 0 Å². The van der Waals surface area contributed by atoms with E-state index in [1.54, 1.807) is 31.3 Å². The molecule has 0 heterocycles. The SMILES string of the molecule is CNC(=O)Cc1ccc(NC(=O)CCC(=O)c2ccc3c(c2)CCC3)cc1.